The normalized spacial score (nSPS) is 10.3. The van der Waals surface area contributed by atoms with Crippen molar-refractivity contribution in [3.05, 3.63) is 6.92 Å². The van der Waals surface area contributed by atoms with Crippen LogP contribution in [0.3, 0.4) is 0 Å². The summed E-state index contributed by atoms with van der Waals surface area (Å²) in [6.07, 6.45) is 1.16. The van der Waals surface area contributed by atoms with E-state index in [1.54, 1.807) is 0 Å². The minimum atomic E-state index is 0. The number of hydrogen-bond acceptors (Lipinski definition) is 0. The molecule has 0 N–H and O–H groups in total. The first-order valence-corrected chi connectivity index (χ1v) is 2.41. The minimum absolute atomic E-state index is 0. The van der Waals surface area contributed by atoms with E-state index in [4.69, 9.17) is 0 Å². The van der Waals surface area contributed by atoms with Crippen LogP contribution < -0.4 is 0 Å². The largest absolute Gasteiger partial charge is 0.338 e. The summed E-state index contributed by atoms with van der Waals surface area (Å²) in [6, 6.07) is 0. The van der Waals surface area contributed by atoms with E-state index < -0.39 is 0 Å². The van der Waals surface area contributed by atoms with Crippen molar-refractivity contribution in [1.82, 2.24) is 0 Å². The molecule has 0 bridgehead atoms. The summed E-state index contributed by atoms with van der Waals surface area (Å²) >= 11 is 0. The Morgan fingerprint density at radius 1 is 1.43 bits per heavy atom. The molecular formula is C6H13Y-. The zero-order valence-electron chi connectivity index (χ0n) is 5.49. The van der Waals surface area contributed by atoms with Crippen LogP contribution >= 0.6 is 0 Å². The van der Waals surface area contributed by atoms with Crippen LogP contribution in [0, 0.1) is 12.3 Å². The zero-order chi connectivity index (χ0) is 5.21. The molecule has 0 aromatic rings. The molecule has 7 heavy (non-hydrogen) atoms. The van der Waals surface area contributed by atoms with E-state index in [0.717, 1.165) is 6.42 Å². The quantitative estimate of drug-likeness (QED) is 0.535. The van der Waals surface area contributed by atoms with Crippen LogP contribution in [0.2, 0.25) is 0 Å². The minimum Gasteiger partial charge on any atom is -0.338 e. The van der Waals surface area contributed by atoms with Gasteiger partial charge in [-0.1, -0.05) is 27.2 Å². The molecule has 0 aliphatic heterocycles. The van der Waals surface area contributed by atoms with Gasteiger partial charge < -0.3 is 6.92 Å². The first-order chi connectivity index (χ1) is 2.56. The van der Waals surface area contributed by atoms with Gasteiger partial charge in [-0.15, -0.1) is 0 Å². The summed E-state index contributed by atoms with van der Waals surface area (Å²) in [5.41, 5.74) is 0.292. The standard InChI is InChI=1S/C6H13.Y/c1-5-6(2,3)4;/h2,5H2,1,3-4H3;/q-1;. The molecule has 0 aromatic carbocycles. The first-order valence-electron chi connectivity index (χ1n) is 2.41. The fourth-order valence-electron chi connectivity index (χ4n) is 0. The predicted octanol–water partition coefficient (Wildman–Crippen LogP) is 2.25. The predicted molar refractivity (Wildman–Crippen MR) is 29.4 cm³/mol. The van der Waals surface area contributed by atoms with Gasteiger partial charge in [0.1, 0.15) is 0 Å². The third kappa shape index (κ3) is 11.0. The van der Waals surface area contributed by atoms with Crippen molar-refractivity contribution < 1.29 is 32.7 Å². The molecular weight excluding hydrogens is 161 g/mol. The molecule has 0 heterocycles. The second kappa shape index (κ2) is 4.03. The number of rotatable bonds is 1. The van der Waals surface area contributed by atoms with Gasteiger partial charge in [-0.05, 0) is 0 Å². The second-order valence-electron chi connectivity index (χ2n) is 2.52. The first kappa shape index (κ1) is 11.0. The van der Waals surface area contributed by atoms with Crippen molar-refractivity contribution in [2.75, 3.05) is 0 Å². The van der Waals surface area contributed by atoms with Crippen molar-refractivity contribution in [3.8, 4) is 0 Å². The van der Waals surface area contributed by atoms with Gasteiger partial charge >= 0.3 is 0 Å². The van der Waals surface area contributed by atoms with Gasteiger partial charge in [-0.3, -0.25) is 0 Å². The summed E-state index contributed by atoms with van der Waals surface area (Å²) in [6.45, 7) is 10.3. The number of hydrogen-bond donors (Lipinski definition) is 0. The van der Waals surface area contributed by atoms with E-state index in [9.17, 15) is 0 Å². The Hall–Kier alpha value is 1.10. The van der Waals surface area contributed by atoms with E-state index in [2.05, 4.69) is 27.7 Å². The molecule has 0 amide bonds. The van der Waals surface area contributed by atoms with E-state index in [1.807, 2.05) is 0 Å². The van der Waals surface area contributed by atoms with Crippen LogP contribution in [0.15, 0.2) is 0 Å². The van der Waals surface area contributed by atoms with Gasteiger partial charge in [0.15, 0.2) is 0 Å². The zero-order valence-corrected chi connectivity index (χ0v) is 8.33. The average molecular weight is 174 g/mol. The molecule has 0 saturated heterocycles. The van der Waals surface area contributed by atoms with Crippen LogP contribution in [0.4, 0.5) is 0 Å². The Morgan fingerprint density at radius 3 is 1.57 bits per heavy atom. The molecule has 0 aliphatic carbocycles. The van der Waals surface area contributed by atoms with Crippen molar-refractivity contribution in [3.63, 3.8) is 0 Å². The molecule has 0 unspecified atom stereocenters. The molecule has 1 heteroatoms. The summed E-state index contributed by atoms with van der Waals surface area (Å²) in [5, 5.41) is 0. The Labute approximate surface area is 71.9 Å². The van der Waals surface area contributed by atoms with E-state index in [-0.39, 0.29) is 32.7 Å². The van der Waals surface area contributed by atoms with Crippen molar-refractivity contribution in [1.29, 1.82) is 0 Å². The van der Waals surface area contributed by atoms with Crippen LogP contribution in [0.1, 0.15) is 27.2 Å². The Morgan fingerprint density at radius 2 is 1.57 bits per heavy atom. The van der Waals surface area contributed by atoms with Gasteiger partial charge in [0.05, 0.1) is 0 Å². The van der Waals surface area contributed by atoms with Crippen LogP contribution in [0.5, 0.6) is 0 Å². The summed E-state index contributed by atoms with van der Waals surface area (Å²) < 4.78 is 0. The molecule has 1 radical (unpaired) electrons. The van der Waals surface area contributed by atoms with Crippen molar-refractivity contribution in [2.45, 2.75) is 27.2 Å². The van der Waals surface area contributed by atoms with Crippen molar-refractivity contribution in [2.24, 2.45) is 5.41 Å². The average Bonchev–Trinajstić information content (AvgIpc) is 1.35. The van der Waals surface area contributed by atoms with Crippen molar-refractivity contribution >= 4 is 0 Å². The Kier molecular flexibility index (Phi) is 6.32. The maximum Gasteiger partial charge on any atom is 0 e. The van der Waals surface area contributed by atoms with Gasteiger partial charge in [0, 0.05) is 32.7 Å². The maximum atomic E-state index is 3.89. The molecule has 0 spiro atoms. The molecule has 0 atom stereocenters. The SMILES string of the molecule is [CH2-]C(C)(C)CC.[Y]. The van der Waals surface area contributed by atoms with Gasteiger partial charge in [0.2, 0.25) is 0 Å². The van der Waals surface area contributed by atoms with Gasteiger partial charge in [-0.25, -0.2) is 0 Å². The molecule has 0 aliphatic rings. The molecule has 0 saturated carbocycles. The molecule has 0 fully saturated rings. The summed E-state index contributed by atoms with van der Waals surface area (Å²) in [5.74, 6) is 0. The monoisotopic (exact) mass is 174 g/mol. The van der Waals surface area contributed by atoms with Crippen LogP contribution in [-0.2, 0) is 32.7 Å². The molecule has 0 nitrogen and oxygen atoms in total. The Bertz CT molecular complexity index is 33.9. The van der Waals surface area contributed by atoms with E-state index >= 15 is 0 Å². The molecule has 41 valence electrons. The fourth-order valence-corrected chi connectivity index (χ4v) is 0. The smallest absolute Gasteiger partial charge is 0 e. The van der Waals surface area contributed by atoms with Gasteiger partial charge in [-0.2, -0.15) is 5.41 Å². The van der Waals surface area contributed by atoms with Gasteiger partial charge in [0.25, 0.3) is 0 Å². The van der Waals surface area contributed by atoms with Crippen LogP contribution in [-0.4, -0.2) is 0 Å². The molecule has 0 aromatic heterocycles. The second-order valence-corrected chi connectivity index (χ2v) is 2.52. The van der Waals surface area contributed by atoms with E-state index in [0.29, 0.717) is 5.41 Å². The fraction of sp³-hybridized carbons (Fsp3) is 0.833. The van der Waals surface area contributed by atoms with E-state index in [1.165, 1.54) is 0 Å². The third-order valence-electron chi connectivity index (χ3n) is 0.957. The topological polar surface area (TPSA) is 0 Å². The van der Waals surface area contributed by atoms with Crippen LogP contribution in [0.25, 0.3) is 0 Å². The maximum absolute atomic E-state index is 3.89. The Balaban J connectivity index is 0. The molecule has 0 rings (SSSR count). The third-order valence-corrected chi connectivity index (χ3v) is 0.957. The summed E-state index contributed by atoms with van der Waals surface area (Å²) in [4.78, 5) is 0. The summed E-state index contributed by atoms with van der Waals surface area (Å²) in [7, 11) is 0.